The molecule has 3 heteroatoms. The highest BCUT2D eigenvalue weighted by molar-refractivity contribution is 5.82. The molecule has 0 radical (unpaired) electrons. The van der Waals surface area contributed by atoms with Crippen LogP contribution in [0.3, 0.4) is 0 Å². The largest absolute Gasteiger partial charge is 0.340 e. The van der Waals surface area contributed by atoms with Crippen molar-refractivity contribution in [3.8, 4) is 0 Å². The first-order valence-electron chi connectivity index (χ1n) is 7.53. The van der Waals surface area contributed by atoms with Crippen molar-refractivity contribution < 1.29 is 4.79 Å². The van der Waals surface area contributed by atoms with Crippen LogP contribution in [0.5, 0.6) is 0 Å². The van der Waals surface area contributed by atoms with Crippen LogP contribution in [0.15, 0.2) is 24.3 Å². The molecular weight excluding hydrogens is 260 g/mol. The summed E-state index contributed by atoms with van der Waals surface area (Å²) in [6.07, 6.45) is 0. The Labute approximate surface area is 129 Å². The fourth-order valence-corrected chi connectivity index (χ4v) is 2.07. The van der Waals surface area contributed by atoms with Crippen molar-refractivity contribution in [1.29, 1.82) is 0 Å². The molecule has 1 aromatic rings. The quantitative estimate of drug-likeness (QED) is 0.928. The Morgan fingerprint density at radius 1 is 1.10 bits per heavy atom. The molecule has 0 unspecified atom stereocenters. The van der Waals surface area contributed by atoms with Crippen LogP contribution in [0.4, 0.5) is 0 Å². The van der Waals surface area contributed by atoms with Gasteiger partial charge in [-0.05, 0) is 22.0 Å². The van der Waals surface area contributed by atoms with E-state index in [1.54, 1.807) is 4.90 Å². The fraction of sp³-hybridized carbons (Fsp3) is 0.611. The van der Waals surface area contributed by atoms with Crippen LogP contribution < -0.4 is 5.73 Å². The van der Waals surface area contributed by atoms with Gasteiger partial charge in [0.05, 0.1) is 6.04 Å². The average Bonchev–Trinajstić information content (AvgIpc) is 2.35. The zero-order valence-electron chi connectivity index (χ0n) is 14.5. The van der Waals surface area contributed by atoms with Gasteiger partial charge >= 0.3 is 0 Å². The third-order valence-corrected chi connectivity index (χ3v) is 3.81. The van der Waals surface area contributed by atoms with Gasteiger partial charge in [-0.25, -0.2) is 0 Å². The lowest BCUT2D eigenvalue weighted by atomic mass is 9.86. The van der Waals surface area contributed by atoms with Crippen LogP contribution in [0.2, 0.25) is 0 Å². The molecule has 21 heavy (non-hydrogen) atoms. The highest BCUT2D eigenvalue weighted by Gasteiger charge is 2.29. The van der Waals surface area contributed by atoms with Gasteiger partial charge in [-0.1, -0.05) is 65.8 Å². The van der Waals surface area contributed by atoms with Gasteiger partial charge in [-0.2, -0.15) is 0 Å². The average molecular weight is 290 g/mol. The van der Waals surface area contributed by atoms with E-state index < -0.39 is 6.04 Å². The Balaban J connectivity index is 2.75. The molecule has 0 heterocycles. The molecule has 2 N–H and O–H groups in total. The van der Waals surface area contributed by atoms with Crippen LogP contribution in [0.25, 0.3) is 0 Å². The van der Waals surface area contributed by atoms with E-state index in [0.717, 1.165) is 5.56 Å². The molecule has 0 aliphatic carbocycles. The molecule has 0 aromatic heterocycles. The minimum atomic E-state index is -0.476. The number of rotatable bonds is 3. The van der Waals surface area contributed by atoms with E-state index in [0.29, 0.717) is 6.54 Å². The molecule has 1 rings (SSSR count). The van der Waals surface area contributed by atoms with E-state index in [-0.39, 0.29) is 16.7 Å². The number of benzene rings is 1. The molecule has 0 saturated carbocycles. The molecule has 118 valence electrons. The van der Waals surface area contributed by atoms with Gasteiger partial charge in [0.25, 0.3) is 0 Å². The number of amides is 1. The van der Waals surface area contributed by atoms with Crippen molar-refractivity contribution in [2.75, 3.05) is 7.05 Å². The Hall–Kier alpha value is -1.35. The smallest absolute Gasteiger partial charge is 0.240 e. The third-order valence-electron chi connectivity index (χ3n) is 3.81. The molecule has 1 atom stereocenters. The van der Waals surface area contributed by atoms with Crippen molar-refractivity contribution >= 4 is 5.91 Å². The summed E-state index contributed by atoms with van der Waals surface area (Å²) < 4.78 is 0. The molecule has 0 aliphatic rings. The van der Waals surface area contributed by atoms with Crippen molar-refractivity contribution in [1.82, 2.24) is 4.90 Å². The lowest BCUT2D eigenvalue weighted by Crippen LogP contribution is -2.48. The van der Waals surface area contributed by atoms with Crippen LogP contribution in [-0.4, -0.2) is 23.9 Å². The number of hydrogen-bond acceptors (Lipinski definition) is 2. The molecule has 0 spiro atoms. The summed E-state index contributed by atoms with van der Waals surface area (Å²) in [5, 5.41) is 0. The van der Waals surface area contributed by atoms with Gasteiger partial charge in [-0.3, -0.25) is 4.79 Å². The van der Waals surface area contributed by atoms with Crippen LogP contribution >= 0.6 is 0 Å². The molecule has 0 bridgehead atoms. The summed E-state index contributed by atoms with van der Waals surface area (Å²) in [7, 11) is 1.81. The Bertz CT molecular complexity index is 477. The van der Waals surface area contributed by atoms with E-state index >= 15 is 0 Å². The number of carbonyl (C=O) groups excluding carboxylic acids is 1. The number of hydrogen-bond donors (Lipinski definition) is 1. The third kappa shape index (κ3) is 4.85. The predicted molar refractivity (Wildman–Crippen MR) is 89.0 cm³/mol. The molecular formula is C18H30N2O. The minimum absolute atomic E-state index is 0.0117. The first kappa shape index (κ1) is 17.7. The second-order valence-electron chi connectivity index (χ2n) is 7.98. The summed E-state index contributed by atoms with van der Waals surface area (Å²) in [5.41, 5.74) is 8.39. The maximum atomic E-state index is 12.3. The van der Waals surface area contributed by atoms with E-state index in [4.69, 9.17) is 5.73 Å². The van der Waals surface area contributed by atoms with Gasteiger partial charge in [0.15, 0.2) is 0 Å². The summed E-state index contributed by atoms with van der Waals surface area (Å²) in [6, 6.07) is 7.98. The molecule has 0 aliphatic heterocycles. The molecule has 3 nitrogen and oxygen atoms in total. The minimum Gasteiger partial charge on any atom is -0.340 e. The van der Waals surface area contributed by atoms with E-state index in [9.17, 15) is 4.79 Å². The van der Waals surface area contributed by atoms with Crippen molar-refractivity contribution in [2.45, 2.75) is 59.5 Å². The second kappa shape index (κ2) is 6.18. The van der Waals surface area contributed by atoms with Gasteiger partial charge in [0, 0.05) is 13.6 Å². The number of likely N-dealkylation sites (N-methyl/N-ethyl adjacent to an activating group) is 1. The summed E-state index contributed by atoms with van der Waals surface area (Å²) >= 11 is 0. The Morgan fingerprint density at radius 2 is 1.57 bits per heavy atom. The first-order valence-corrected chi connectivity index (χ1v) is 7.53. The molecule has 0 saturated heterocycles. The highest BCUT2D eigenvalue weighted by Crippen LogP contribution is 2.23. The van der Waals surface area contributed by atoms with Crippen LogP contribution in [-0.2, 0) is 16.8 Å². The van der Waals surface area contributed by atoms with Gasteiger partial charge in [-0.15, -0.1) is 0 Å². The van der Waals surface area contributed by atoms with E-state index in [1.165, 1.54) is 5.56 Å². The zero-order chi connectivity index (χ0) is 16.4. The predicted octanol–water partition coefficient (Wildman–Crippen LogP) is 3.32. The van der Waals surface area contributed by atoms with Crippen molar-refractivity contribution in [3.63, 3.8) is 0 Å². The highest BCUT2D eigenvalue weighted by atomic mass is 16.2. The monoisotopic (exact) mass is 290 g/mol. The Morgan fingerprint density at radius 3 is 1.95 bits per heavy atom. The lowest BCUT2D eigenvalue weighted by molar-refractivity contribution is -0.134. The summed E-state index contributed by atoms with van der Waals surface area (Å²) in [6.45, 7) is 13.1. The SMILES string of the molecule is CN(Cc1ccc(C(C)(C)C)cc1)C(=O)[C@@H](N)C(C)(C)C. The topological polar surface area (TPSA) is 46.3 Å². The number of carbonyl (C=O) groups is 1. The van der Waals surface area contributed by atoms with Gasteiger partial charge in [0.1, 0.15) is 0 Å². The van der Waals surface area contributed by atoms with Crippen LogP contribution in [0, 0.1) is 5.41 Å². The normalized spacial score (nSPS) is 13.9. The fourth-order valence-electron chi connectivity index (χ4n) is 2.07. The Kier molecular flexibility index (Phi) is 5.21. The zero-order valence-corrected chi connectivity index (χ0v) is 14.5. The molecule has 1 aromatic carbocycles. The number of nitrogens with two attached hydrogens (primary N) is 1. The summed E-state index contributed by atoms with van der Waals surface area (Å²) in [5.74, 6) is -0.0117. The first-order chi connectivity index (χ1) is 9.43. The van der Waals surface area contributed by atoms with Crippen molar-refractivity contribution in [3.05, 3.63) is 35.4 Å². The lowest BCUT2D eigenvalue weighted by Gasteiger charge is -2.30. The van der Waals surface area contributed by atoms with Crippen molar-refractivity contribution in [2.24, 2.45) is 11.1 Å². The standard InChI is InChI=1S/C18H30N2O/c1-17(2,3)14-10-8-13(9-11-14)12-20(7)16(21)15(19)18(4,5)6/h8-11,15H,12,19H2,1-7H3/t15-/m1/s1. The van der Waals surface area contributed by atoms with E-state index in [1.807, 2.05) is 27.8 Å². The maximum Gasteiger partial charge on any atom is 0.240 e. The maximum absolute atomic E-state index is 12.3. The van der Waals surface area contributed by atoms with E-state index in [2.05, 4.69) is 45.0 Å². The van der Waals surface area contributed by atoms with Crippen LogP contribution in [0.1, 0.15) is 52.7 Å². The van der Waals surface area contributed by atoms with Gasteiger partial charge < -0.3 is 10.6 Å². The van der Waals surface area contributed by atoms with Gasteiger partial charge in [0.2, 0.25) is 5.91 Å². The summed E-state index contributed by atoms with van der Waals surface area (Å²) in [4.78, 5) is 14.0. The number of nitrogens with zero attached hydrogens (tertiary/aromatic N) is 1. The molecule has 1 amide bonds. The molecule has 0 fully saturated rings. The second-order valence-corrected chi connectivity index (χ2v) is 7.98.